The van der Waals surface area contributed by atoms with Crippen molar-refractivity contribution in [2.24, 2.45) is 0 Å². The number of amides is 1. The van der Waals surface area contributed by atoms with Crippen LogP contribution in [-0.2, 0) is 9.53 Å². The molecule has 0 saturated carbocycles. The Bertz CT molecular complexity index is 751. The lowest BCUT2D eigenvalue weighted by Gasteiger charge is -2.36. The highest BCUT2D eigenvalue weighted by Gasteiger charge is 2.37. The second-order valence-corrected chi connectivity index (χ2v) is 5.65. The molecule has 122 valence electrons. The number of aromatic nitrogens is 4. The minimum absolute atomic E-state index is 0.0249. The molecule has 0 atom stereocenters. The maximum Gasteiger partial charge on any atom is 0.305 e. The smallest absolute Gasteiger partial charge is 0.305 e. The topological polar surface area (TPSA) is 119 Å². The zero-order valence-electron chi connectivity index (χ0n) is 12.7. The Morgan fingerprint density at radius 2 is 2.17 bits per heavy atom. The summed E-state index contributed by atoms with van der Waals surface area (Å²) in [6.07, 6.45) is 2.31. The third-order valence-electron chi connectivity index (χ3n) is 3.95. The molecular weight excluding hydrogens is 302 g/mol. The van der Waals surface area contributed by atoms with Crippen molar-refractivity contribution >= 4 is 17.7 Å². The first-order valence-corrected chi connectivity index (χ1v) is 7.30. The van der Waals surface area contributed by atoms with Crippen LogP contribution in [0.15, 0.2) is 12.3 Å². The number of nitrogens with zero attached hydrogens (tertiary/aromatic N) is 4. The van der Waals surface area contributed by atoms with Crippen molar-refractivity contribution in [1.82, 2.24) is 24.9 Å². The van der Waals surface area contributed by atoms with E-state index in [1.807, 2.05) is 6.92 Å². The lowest BCUT2D eigenvalue weighted by molar-refractivity contribution is -0.139. The van der Waals surface area contributed by atoms with Gasteiger partial charge in [0.2, 0.25) is 5.82 Å². The number of carbonyl (C=O) groups excluding carboxylic acids is 1. The van der Waals surface area contributed by atoms with Gasteiger partial charge in [-0.1, -0.05) is 0 Å². The Morgan fingerprint density at radius 1 is 1.43 bits per heavy atom. The van der Waals surface area contributed by atoms with Crippen molar-refractivity contribution in [3.63, 3.8) is 0 Å². The van der Waals surface area contributed by atoms with Crippen LogP contribution in [0.2, 0.25) is 0 Å². The fourth-order valence-corrected chi connectivity index (χ4v) is 2.70. The van der Waals surface area contributed by atoms with E-state index in [2.05, 4.69) is 20.4 Å². The molecule has 3 heterocycles. The molecule has 0 radical (unpaired) electrons. The second kappa shape index (κ2) is 5.92. The number of aliphatic carboxylic acids is 1. The van der Waals surface area contributed by atoms with Crippen molar-refractivity contribution in [1.29, 1.82) is 0 Å². The number of fused-ring (bicyclic) bond motifs is 1. The molecule has 1 amide bonds. The first-order valence-electron chi connectivity index (χ1n) is 7.30. The number of rotatable bonds is 4. The van der Waals surface area contributed by atoms with Crippen molar-refractivity contribution < 1.29 is 19.4 Å². The SMILES string of the molecule is Cc1ccnc2nc(C(=O)NC3(CC(=O)O)CCOCC3)nn12. The van der Waals surface area contributed by atoms with Gasteiger partial charge in [-0.05, 0) is 25.8 Å². The average Bonchev–Trinajstić information content (AvgIpc) is 2.93. The van der Waals surface area contributed by atoms with Crippen LogP contribution in [0.25, 0.3) is 5.78 Å². The predicted molar refractivity (Wildman–Crippen MR) is 78.0 cm³/mol. The van der Waals surface area contributed by atoms with E-state index in [0.717, 1.165) is 5.69 Å². The van der Waals surface area contributed by atoms with Gasteiger partial charge in [0.1, 0.15) is 0 Å². The summed E-state index contributed by atoms with van der Waals surface area (Å²) in [6.45, 7) is 2.65. The first kappa shape index (κ1) is 15.3. The Morgan fingerprint density at radius 3 is 2.83 bits per heavy atom. The molecule has 1 fully saturated rings. The highest BCUT2D eigenvalue weighted by Crippen LogP contribution is 2.25. The fourth-order valence-electron chi connectivity index (χ4n) is 2.70. The number of aryl methyl sites for hydroxylation is 1. The molecule has 0 spiro atoms. The van der Waals surface area contributed by atoms with Gasteiger partial charge in [0.05, 0.1) is 12.0 Å². The second-order valence-electron chi connectivity index (χ2n) is 5.65. The van der Waals surface area contributed by atoms with Crippen LogP contribution >= 0.6 is 0 Å². The summed E-state index contributed by atoms with van der Waals surface area (Å²) in [4.78, 5) is 31.8. The van der Waals surface area contributed by atoms with Gasteiger partial charge in [-0.25, -0.2) is 9.50 Å². The Balaban J connectivity index is 1.85. The average molecular weight is 319 g/mol. The van der Waals surface area contributed by atoms with Crippen LogP contribution in [0.5, 0.6) is 0 Å². The van der Waals surface area contributed by atoms with E-state index in [9.17, 15) is 9.59 Å². The van der Waals surface area contributed by atoms with Gasteiger partial charge in [0, 0.05) is 25.1 Å². The van der Waals surface area contributed by atoms with E-state index in [1.165, 1.54) is 4.52 Å². The van der Waals surface area contributed by atoms with E-state index in [0.29, 0.717) is 31.8 Å². The van der Waals surface area contributed by atoms with E-state index >= 15 is 0 Å². The molecule has 9 nitrogen and oxygen atoms in total. The van der Waals surface area contributed by atoms with Gasteiger partial charge in [-0.2, -0.15) is 4.98 Å². The summed E-state index contributed by atoms with van der Waals surface area (Å²) < 4.78 is 6.74. The number of carboxylic acids is 1. The normalized spacial score (nSPS) is 17.1. The molecular formula is C14H17N5O4. The lowest BCUT2D eigenvalue weighted by atomic mass is 9.86. The molecule has 0 aliphatic carbocycles. The maximum absolute atomic E-state index is 12.5. The van der Waals surface area contributed by atoms with Gasteiger partial charge in [-0.3, -0.25) is 9.59 Å². The van der Waals surface area contributed by atoms with Crippen LogP contribution in [0.1, 0.15) is 35.6 Å². The van der Waals surface area contributed by atoms with Gasteiger partial charge >= 0.3 is 5.97 Å². The minimum Gasteiger partial charge on any atom is -0.481 e. The molecule has 1 aliphatic heterocycles. The van der Waals surface area contributed by atoms with E-state index in [4.69, 9.17) is 9.84 Å². The fraction of sp³-hybridized carbons (Fsp3) is 0.500. The quantitative estimate of drug-likeness (QED) is 0.825. The summed E-state index contributed by atoms with van der Waals surface area (Å²) in [5.41, 5.74) is -0.0333. The van der Waals surface area contributed by atoms with Crippen molar-refractivity contribution in [2.75, 3.05) is 13.2 Å². The van der Waals surface area contributed by atoms with Crippen molar-refractivity contribution in [2.45, 2.75) is 31.7 Å². The third kappa shape index (κ3) is 3.14. The molecule has 23 heavy (non-hydrogen) atoms. The summed E-state index contributed by atoms with van der Waals surface area (Å²) in [5, 5.41) is 16.1. The van der Waals surface area contributed by atoms with Crippen LogP contribution < -0.4 is 5.32 Å². The molecule has 0 aromatic carbocycles. The first-order chi connectivity index (χ1) is 11.0. The molecule has 1 aliphatic rings. The van der Waals surface area contributed by atoms with Crippen molar-refractivity contribution in [3.05, 3.63) is 23.8 Å². The number of carboxylic acid groups (broad SMARTS) is 1. The minimum atomic E-state index is -0.965. The Kier molecular flexibility index (Phi) is 3.95. The number of nitrogens with one attached hydrogen (secondary N) is 1. The van der Waals surface area contributed by atoms with Crippen molar-refractivity contribution in [3.8, 4) is 0 Å². The largest absolute Gasteiger partial charge is 0.481 e. The standard InChI is InChI=1S/C14H17N5O4/c1-9-2-5-15-13-16-11(18-19(9)13)12(22)17-14(8-10(20)21)3-6-23-7-4-14/h2,5H,3-4,6-8H2,1H3,(H,17,22)(H,20,21). The Hall–Kier alpha value is -2.55. The number of carbonyl (C=O) groups is 2. The molecule has 2 N–H and O–H groups in total. The van der Waals surface area contributed by atoms with E-state index in [-0.39, 0.29) is 12.2 Å². The maximum atomic E-state index is 12.5. The molecule has 3 rings (SSSR count). The summed E-state index contributed by atoms with van der Waals surface area (Å²) >= 11 is 0. The number of hydrogen-bond acceptors (Lipinski definition) is 6. The van der Waals surface area contributed by atoms with Crippen LogP contribution in [0.4, 0.5) is 0 Å². The third-order valence-corrected chi connectivity index (χ3v) is 3.95. The summed E-state index contributed by atoms with van der Waals surface area (Å²) in [6, 6.07) is 1.76. The molecule has 2 aromatic rings. The molecule has 0 bridgehead atoms. The highest BCUT2D eigenvalue weighted by atomic mass is 16.5. The van der Waals surface area contributed by atoms with E-state index in [1.54, 1.807) is 12.3 Å². The molecule has 9 heteroatoms. The molecule has 1 saturated heterocycles. The monoisotopic (exact) mass is 319 g/mol. The van der Waals surface area contributed by atoms with Gasteiger partial charge in [0.15, 0.2) is 0 Å². The van der Waals surface area contributed by atoms with Crippen LogP contribution in [-0.4, -0.2) is 55.3 Å². The number of ether oxygens (including phenoxy) is 1. The zero-order chi connectivity index (χ0) is 16.4. The van der Waals surface area contributed by atoms with Gasteiger partial charge in [0.25, 0.3) is 11.7 Å². The zero-order valence-corrected chi connectivity index (χ0v) is 12.7. The molecule has 0 unspecified atom stereocenters. The lowest BCUT2D eigenvalue weighted by Crippen LogP contribution is -2.53. The predicted octanol–water partition coefficient (Wildman–Crippen LogP) is 0.186. The van der Waals surface area contributed by atoms with Crippen LogP contribution in [0, 0.1) is 6.92 Å². The van der Waals surface area contributed by atoms with Gasteiger partial charge in [-0.15, -0.1) is 5.10 Å². The Labute approximate surface area is 131 Å². The van der Waals surface area contributed by atoms with Crippen LogP contribution in [0.3, 0.4) is 0 Å². The highest BCUT2D eigenvalue weighted by molar-refractivity contribution is 5.91. The summed E-state index contributed by atoms with van der Waals surface area (Å²) in [5.74, 6) is -1.16. The summed E-state index contributed by atoms with van der Waals surface area (Å²) in [7, 11) is 0. The molecule has 2 aromatic heterocycles. The number of hydrogen-bond donors (Lipinski definition) is 2. The van der Waals surface area contributed by atoms with E-state index < -0.39 is 17.4 Å². The van der Waals surface area contributed by atoms with Gasteiger partial charge < -0.3 is 15.2 Å².